The molecule has 0 heterocycles. The smallest absolute Gasteiger partial charge is 0.255 e. The van der Waals surface area contributed by atoms with Crippen molar-refractivity contribution < 1.29 is 14.4 Å². The van der Waals surface area contributed by atoms with Crippen molar-refractivity contribution in [2.24, 2.45) is 0 Å². The van der Waals surface area contributed by atoms with Crippen LogP contribution in [0.5, 0.6) is 0 Å². The number of anilines is 1. The average molecular weight is 442 g/mol. The molecular weight excluding hydrogens is 414 g/mol. The Morgan fingerprint density at radius 2 is 1.52 bits per heavy atom. The molecule has 33 heavy (non-hydrogen) atoms. The van der Waals surface area contributed by atoms with E-state index in [1.54, 1.807) is 42.5 Å². The fraction of sp³-hybridized carbons (Fsp3) is 0.222. The molecule has 3 aromatic rings. The lowest BCUT2D eigenvalue weighted by atomic mass is 10.0. The van der Waals surface area contributed by atoms with E-state index < -0.39 is 6.04 Å². The summed E-state index contributed by atoms with van der Waals surface area (Å²) in [6, 6.07) is 23.1. The van der Waals surface area contributed by atoms with Crippen LogP contribution in [0.3, 0.4) is 0 Å². The highest BCUT2D eigenvalue weighted by Crippen LogP contribution is 2.20. The van der Waals surface area contributed by atoms with Gasteiger partial charge in [0.25, 0.3) is 11.8 Å². The SMILES string of the molecule is Cc1ccc(C(=O)NC(Cc2ccccc2)C(=O)NC2CC2)cc1NC(=O)c1ccccc1. The first-order chi connectivity index (χ1) is 16.0. The second-order valence-corrected chi connectivity index (χ2v) is 8.35. The predicted octanol–water partition coefficient (Wildman–Crippen LogP) is 3.87. The number of carbonyl (C=O) groups excluding carboxylic acids is 3. The van der Waals surface area contributed by atoms with Crippen LogP contribution in [-0.2, 0) is 11.2 Å². The Morgan fingerprint density at radius 1 is 0.848 bits per heavy atom. The van der Waals surface area contributed by atoms with Gasteiger partial charge in [0.05, 0.1) is 0 Å². The molecule has 1 atom stereocenters. The van der Waals surface area contributed by atoms with Gasteiger partial charge >= 0.3 is 0 Å². The van der Waals surface area contributed by atoms with E-state index in [1.165, 1.54) is 0 Å². The molecule has 0 saturated heterocycles. The van der Waals surface area contributed by atoms with Gasteiger partial charge in [-0.2, -0.15) is 0 Å². The van der Waals surface area contributed by atoms with Gasteiger partial charge in [0.1, 0.15) is 6.04 Å². The number of hydrogen-bond donors (Lipinski definition) is 3. The van der Waals surface area contributed by atoms with Crippen molar-refractivity contribution in [2.75, 3.05) is 5.32 Å². The molecule has 0 bridgehead atoms. The highest BCUT2D eigenvalue weighted by Gasteiger charge is 2.29. The van der Waals surface area contributed by atoms with Gasteiger partial charge in [-0.3, -0.25) is 14.4 Å². The van der Waals surface area contributed by atoms with Gasteiger partial charge in [0.15, 0.2) is 0 Å². The van der Waals surface area contributed by atoms with E-state index in [1.807, 2.05) is 43.3 Å². The summed E-state index contributed by atoms with van der Waals surface area (Å²) in [5.74, 6) is -0.793. The van der Waals surface area contributed by atoms with Crippen LogP contribution < -0.4 is 16.0 Å². The minimum Gasteiger partial charge on any atom is -0.352 e. The second-order valence-electron chi connectivity index (χ2n) is 8.35. The van der Waals surface area contributed by atoms with Crippen molar-refractivity contribution >= 4 is 23.4 Å². The number of rotatable bonds is 8. The maximum Gasteiger partial charge on any atom is 0.255 e. The summed E-state index contributed by atoms with van der Waals surface area (Å²) < 4.78 is 0. The molecule has 0 spiro atoms. The third-order valence-corrected chi connectivity index (χ3v) is 5.61. The van der Waals surface area contributed by atoms with E-state index in [0.29, 0.717) is 23.2 Å². The Morgan fingerprint density at radius 3 is 2.18 bits per heavy atom. The number of nitrogens with one attached hydrogen (secondary N) is 3. The highest BCUT2D eigenvalue weighted by atomic mass is 16.2. The minimum atomic E-state index is -0.691. The first kappa shape index (κ1) is 22.3. The zero-order chi connectivity index (χ0) is 23.2. The van der Waals surface area contributed by atoms with E-state index >= 15 is 0 Å². The molecule has 4 rings (SSSR count). The molecule has 1 unspecified atom stereocenters. The first-order valence-corrected chi connectivity index (χ1v) is 11.1. The molecule has 0 aromatic heterocycles. The van der Waals surface area contributed by atoms with E-state index in [-0.39, 0.29) is 23.8 Å². The number of amides is 3. The van der Waals surface area contributed by atoms with Gasteiger partial charge < -0.3 is 16.0 Å². The predicted molar refractivity (Wildman–Crippen MR) is 128 cm³/mol. The number of hydrogen-bond acceptors (Lipinski definition) is 3. The minimum absolute atomic E-state index is 0.181. The quantitative estimate of drug-likeness (QED) is 0.496. The van der Waals surface area contributed by atoms with Crippen LogP contribution in [0.1, 0.15) is 44.7 Å². The van der Waals surface area contributed by atoms with Gasteiger partial charge in [0.2, 0.25) is 5.91 Å². The lowest BCUT2D eigenvalue weighted by Gasteiger charge is -2.19. The molecule has 1 saturated carbocycles. The van der Waals surface area contributed by atoms with Crippen molar-refractivity contribution in [3.05, 3.63) is 101 Å². The summed E-state index contributed by atoms with van der Waals surface area (Å²) in [6.07, 6.45) is 2.34. The first-order valence-electron chi connectivity index (χ1n) is 11.1. The summed E-state index contributed by atoms with van der Waals surface area (Å²) >= 11 is 0. The third kappa shape index (κ3) is 6.07. The van der Waals surface area contributed by atoms with Crippen molar-refractivity contribution in [1.29, 1.82) is 0 Å². The lowest BCUT2D eigenvalue weighted by molar-refractivity contribution is -0.123. The summed E-state index contributed by atoms with van der Waals surface area (Å²) in [6.45, 7) is 1.86. The molecule has 0 radical (unpaired) electrons. The number of benzene rings is 3. The fourth-order valence-corrected chi connectivity index (χ4v) is 3.51. The molecule has 1 aliphatic rings. The van der Waals surface area contributed by atoms with Gasteiger partial charge in [-0.15, -0.1) is 0 Å². The van der Waals surface area contributed by atoms with Crippen LogP contribution in [-0.4, -0.2) is 29.8 Å². The number of aryl methyl sites for hydroxylation is 1. The number of carbonyl (C=O) groups is 3. The molecule has 3 N–H and O–H groups in total. The molecule has 3 amide bonds. The third-order valence-electron chi connectivity index (χ3n) is 5.61. The fourth-order valence-electron chi connectivity index (χ4n) is 3.51. The molecule has 1 fully saturated rings. The summed E-state index contributed by atoms with van der Waals surface area (Å²) in [5, 5.41) is 8.74. The van der Waals surface area contributed by atoms with Crippen LogP contribution in [0.4, 0.5) is 5.69 Å². The Kier molecular flexibility index (Phi) is 6.83. The zero-order valence-electron chi connectivity index (χ0n) is 18.5. The molecular formula is C27H27N3O3. The van der Waals surface area contributed by atoms with Crippen molar-refractivity contribution in [3.63, 3.8) is 0 Å². The second kappa shape index (κ2) is 10.1. The van der Waals surface area contributed by atoms with Gasteiger partial charge in [0, 0.05) is 29.3 Å². The monoisotopic (exact) mass is 441 g/mol. The molecule has 6 nitrogen and oxygen atoms in total. The molecule has 3 aromatic carbocycles. The Hall–Kier alpha value is -3.93. The molecule has 0 aliphatic heterocycles. The van der Waals surface area contributed by atoms with Gasteiger partial charge in [-0.05, 0) is 55.2 Å². The lowest BCUT2D eigenvalue weighted by Crippen LogP contribution is -2.48. The van der Waals surface area contributed by atoms with E-state index in [9.17, 15) is 14.4 Å². The zero-order valence-corrected chi connectivity index (χ0v) is 18.5. The van der Waals surface area contributed by atoms with Crippen molar-refractivity contribution in [3.8, 4) is 0 Å². The normalized spacial score (nSPS) is 13.6. The topological polar surface area (TPSA) is 87.3 Å². The Labute approximate surface area is 193 Å². The van der Waals surface area contributed by atoms with E-state index in [2.05, 4.69) is 16.0 Å². The molecule has 6 heteroatoms. The maximum absolute atomic E-state index is 13.1. The highest BCUT2D eigenvalue weighted by molar-refractivity contribution is 6.05. The molecule has 168 valence electrons. The van der Waals surface area contributed by atoms with Crippen LogP contribution in [0, 0.1) is 6.92 Å². The van der Waals surface area contributed by atoms with E-state index in [4.69, 9.17) is 0 Å². The van der Waals surface area contributed by atoms with Gasteiger partial charge in [-0.25, -0.2) is 0 Å². The van der Waals surface area contributed by atoms with Crippen molar-refractivity contribution in [1.82, 2.24) is 10.6 Å². The summed E-state index contributed by atoms with van der Waals surface area (Å²) in [4.78, 5) is 38.4. The summed E-state index contributed by atoms with van der Waals surface area (Å²) in [7, 11) is 0. The molecule has 1 aliphatic carbocycles. The Balaban J connectivity index is 1.49. The van der Waals surface area contributed by atoms with E-state index in [0.717, 1.165) is 24.0 Å². The average Bonchev–Trinajstić information content (AvgIpc) is 3.65. The van der Waals surface area contributed by atoms with Crippen LogP contribution >= 0.6 is 0 Å². The van der Waals surface area contributed by atoms with Crippen LogP contribution in [0.15, 0.2) is 78.9 Å². The van der Waals surface area contributed by atoms with Gasteiger partial charge in [-0.1, -0.05) is 54.6 Å². The summed E-state index contributed by atoms with van der Waals surface area (Å²) in [5.41, 5.74) is 3.27. The van der Waals surface area contributed by atoms with Crippen LogP contribution in [0.2, 0.25) is 0 Å². The van der Waals surface area contributed by atoms with Crippen LogP contribution in [0.25, 0.3) is 0 Å². The van der Waals surface area contributed by atoms with Crippen molar-refractivity contribution in [2.45, 2.75) is 38.3 Å². The Bertz CT molecular complexity index is 1140. The largest absolute Gasteiger partial charge is 0.352 e. The standard InChI is InChI=1S/C27H27N3O3/c1-18-12-13-21(17-23(18)29-25(31)20-10-6-3-7-11-20)26(32)30-24(27(33)28-22-14-15-22)16-19-8-4-2-5-9-19/h2-13,17,22,24H,14-16H2,1H3,(H,28,33)(H,29,31)(H,30,32). The maximum atomic E-state index is 13.1.